The molecule has 1 rings (SSSR count). The molecule has 1 atom stereocenters. The van der Waals surface area contributed by atoms with Crippen LogP contribution in [0.15, 0.2) is 18.2 Å². The quantitative estimate of drug-likeness (QED) is 0.615. The number of rotatable bonds is 6. The van der Waals surface area contributed by atoms with Crippen molar-refractivity contribution < 1.29 is 19.7 Å². The van der Waals surface area contributed by atoms with Crippen LogP contribution >= 0.6 is 0 Å². The summed E-state index contributed by atoms with van der Waals surface area (Å²) in [5.41, 5.74) is 0.975. The van der Waals surface area contributed by atoms with E-state index in [4.69, 9.17) is 9.47 Å². The van der Waals surface area contributed by atoms with E-state index in [1.807, 2.05) is 27.7 Å². The maximum atomic E-state index is 10.5. The minimum Gasteiger partial charge on any atom is -0.467 e. The number of ether oxygens (including phenoxy) is 2. The van der Waals surface area contributed by atoms with Gasteiger partial charge in [0.15, 0.2) is 6.79 Å². The highest BCUT2D eigenvalue weighted by molar-refractivity contribution is 5.42. The molecule has 0 spiro atoms. The first kappa shape index (κ1) is 16.0. The van der Waals surface area contributed by atoms with Gasteiger partial charge < -0.3 is 19.7 Å². The Bertz CT molecular complexity index is 396. The minimum atomic E-state index is -0.715. The Hall–Kier alpha value is -1.10. The van der Waals surface area contributed by atoms with Crippen molar-refractivity contribution in [3.8, 4) is 5.75 Å². The first-order chi connectivity index (χ1) is 8.91. The smallest absolute Gasteiger partial charge is 0.189 e. The van der Waals surface area contributed by atoms with Gasteiger partial charge in [-0.05, 0) is 24.0 Å². The third-order valence-corrected chi connectivity index (χ3v) is 2.92. The molecule has 4 heteroatoms. The van der Waals surface area contributed by atoms with Crippen molar-refractivity contribution in [2.75, 3.05) is 13.4 Å². The van der Waals surface area contributed by atoms with Gasteiger partial charge in [-0.15, -0.1) is 0 Å². The average molecular weight is 268 g/mol. The Balaban J connectivity index is 3.09. The van der Waals surface area contributed by atoms with E-state index in [0.717, 1.165) is 0 Å². The number of aliphatic hydroxyl groups is 2. The Morgan fingerprint density at radius 3 is 2.47 bits per heavy atom. The summed E-state index contributed by atoms with van der Waals surface area (Å²) in [5, 5.41) is 19.9. The molecule has 0 aliphatic heterocycles. The largest absolute Gasteiger partial charge is 0.467 e. The summed E-state index contributed by atoms with van der Waals surface area (Å²) in [4.78, 5) is 0. The van der Waals surface area contributed by atoms with Gasteiger partial charge in [0.25, 0.3) is 0 Å². The van der Waals surface area contributed by atoms with Gasteiger partial charge in [-0.1, -0.05) is 32.9 Å². The normalized spacial score (nSPS) is 13.4. The van der Waals surface area contributed by atoms with Crippen molar-refractivity contribution in [1.82, 2.24) is 0 Å². The van der Waals surface area contributed by atoms with Gasteiger partial charge in [-0.2, -0.15) is 0 Å². The van der Waals surface area contributed by atoms with Gasteiger partial charge in [0.1, 0.15) is 5.75 Å². The van der Waals surface area contributed by atoms with E-state index in [9.17, 15) is 10.2 Å². The standard InChI is InChI=1S/C15H24O4/c1-5-18-10-19-12-8-6-7-11(9-16)13(12)14(17)15(2,3)4/h6-8,14,16-17H,5,9-10H2,1-4H3. The molecule has 4 nitrogen and oxygen atoms in total. The molecular formula is C15H24O4. The highest BCUT2D eigenvalue weighted by atomic mass is 16.7. The molecule has 2 N–H and O–H groups in total. The molecule has 0 fully saturated rings. The average Bonchev–Trinajstić information content (AvgIpc) is 2.36. The van der Waals surface area contributed by atoms with E-state index >= 15 is 0 Å². The van der Waals surface area contributed by atoms with E-state index in [1.54, 1.807) is 18.2 Å². The fourth-order valence-corrected chi connectivity index (χ4v) is 1.79. The Morgan fingerprint density at radius 2 is 1.95 bits per heavy atom. The molecule has 1 aromatic rings. The summed E-state index contributed by atoms with van der Waals surface area (Å²) in [6.07, 6.45) is -0.715. The zero-order valence-electron chi connectivity index (χ0n) is 12.1. The second-order valence-electron chi connectivity index (χ2n) is 5.51. The third-order valence-electron chi connectivity index (χ3n) is 2.92. The lowest BCUT2D eigenvalue weighted by molar-refractivity contribution is 0.0149. The summed E-state index contributed by atoms with van der Waals surface area (Å²) in [6.45, 7) is 8.28. The van der Waals surface area contributed by atoms with Crippen molar-refractivity contribution in [2.24, 2.45) is 5.41 Å². The van der Waals surface area contributed by atoms with Crippen molar-refractivity contribution in [3.05, 3.63) is 29.3 Å². The van der Waals surface area contributed by atoms with E-state index in [1.165, 1.54) is 0 Å². The molecule has 0 bridgehead atoms. The molecule has 0 aliphatic carbocycles. The predicted octanol–water partition coefficient (Wildman–Crippen LogP) is 2.63. The van der Waals surface area contributed by atoms with Gasteiger partial charge in [0.05, 0.1) is 12.7 Å². The fraction of sp³-hybridized carbons (Fsp3) is 0.600. The van der Waals surface area contributed by atoms with Gasteiger partial charge in [0, 0.05) is 12.2 Å². The van der Waals surface area contributed by atoms with Crippen LogP contribution in [0, 0.1) is 5.41 Å². The molecule has 0 radical (unpaired) electrons. The third kappa shape index (κ3) is 4.20. The lowest BCUT2D eigenvalue weighted by atomic mass is 9.82. The van der Waals surface area contributed by atoms with Crippen LogP contribution in [0.5, 0.6) is 5.75 Å². The van der Waals surface area contributed by atoms with Gasteiger partial charge >= 0.3 is 0 Å². The van der Waals surface area contributed by atoms with Crippen molar-refractivity contribution in [2.45, 2.75) is 40.4 Å². The van der Waals surface area contributed by atoms with Crippen molar-refractivity contribution in [3.63, 3.8) is 0 Å². The first-order valence-electron chi connectivity index (χ1n) is 6.53. The topological polar surface area (TPSA) is 58.9 Å². The number of hydrogen-bond donors (Lipinski definition) is 2. The molecule has 0 saturated carbocycles. The van der Waals surface area contributed by atoms with Gasteiger partial charge in [0.2, 0.25) is 0 Å². The Kier molecular flexibility index (Phi) is 5.79. The Morgan fingerprint density at radius 1 is 1.26 bits per heavy atom. The molecule has 19 heavy (non-hydrogen) atoms. The van der Waals surface area contributed by atoms with Crippen molar-refractivity contribution in [1.29, 1.82) is 0 Å². The van der Waals surface area contributed by atoms with Crippen LogP contribution in [0.3, 0.4) is 0 Å². The molecule has 1 unspecified atom stereocenters. The summed E-state index contributed by atoms with van der Waals surface area (Å²) in [7, 11) is 0. The molecule has 0 heterocycles. The SMILES string of the molecule is CCOCOc1cccc(CO)c1C(O)C(C)(C)C. The van der Waals surface area contributed by atoms with E-state index in [0.29, 0.717) is 23.5 Å². The van der Waals surface area contributed by atoms with Crippen LogP contribution in [0.2, 0.25) is 0 Å². The number of benzene rings is 1. The fourth-order valence-electron chi connectivity index (χ4n) is 1.79. The zero-order valence-corrected chi connectivity index (χ0v) is 12.1. The highest BCUT2D eigenvalue weighted by Crippen LogP contribution is 2.39. The molecule has 0 amide bonds. The lowest BCUT2D eigenvalue weighted by Crippen LogP contribution is -2.20. The minimum absolute atomic E-state index is 0.131. The summed E-state index contributed by atoms with van der Waals surface area (Å²) in [5.74, 6) is 0.558. The van der Waals surface area contributed by atoms with E-state index in [2.05, 4.69) is 0 Å². The number of hydrogen-bond acceptors (Lipinski definition) is 4. The second-order valence-corrected chi connectivity index (χ2v) is 5.51. The summed E-state index contributed by atoms with van der Waals surface area (Å²) < 4.78 is 10.7. The molecule has 0 saturated heterocycles. The lowest BCUT2D eigenvalue weighted by Gasteiger charge is -2.29. The van der Waals surface area contributed by atoms with E-state index in [-0.39, 0.29) is 18.8 Å². The van der Waals surface area contributed by atoms with Crippen LogP contribution in [-0.4, -0.2) is 23.6 Å². The van der Waals surface area contributed by atoms with Crippen LogP contribution in [0.4, 0.5) is 0 Å². The van der Waals surface area contributed by atoms with Crippen LogP contribution < -0.4 is 4.74 Å². The molecular weight excluding hydrogens is 244 g/mol. The summed E-state index contributed by atoms with van der Waals surface area (Å²) >= 11 is 0. The second kappa shape index (κ2) is 6.89. The predicted molar refractivity (Wildman–Crippen MR) is 73.9 cm³/mol. The van der Waals surface area contributed by atoms with E-state index < -0.39 is 6.10 Å². The summed E-state index contributed by atoms with van der Waals surface area (Å²) in [6, 6.07) is 5.37. The zero-order chi connectivity index (χ0) is 14.5. The monoisotopic (exact) mass is 268 g/mol. The Labute approximate surface area is 115 Å². The first-order valence-corrected chi connectivity index (χ1v) is 6.53. The molecule has 0 aliphatic rings. The van der Waals surface area contributed by atoms with Gasteiger partial charge in [-0.25, -0.2) is 0 Å². The molecule has 0 aromatic heterocycles. The molecule has 1 aromatic carbocycles. The van der Waals surface area contributed by atoms with Crippen LogP contribution in [-0.2, 0) is 11.3 Å². The number of aliphatic hydroxyl groups excluding tert-OH is 2. The van der Waals surface area contributed by atoms with Crippen molar-refractivity contribution >= 4 is 0 Å². The maximum Gasteiger partial charge on any atom is 0.189 e. The van der Waals surface area contributed by atoms with Crippen LogP contribution in [0.1, 0.15) is 44.9 Å². The van der Waals surface area contributed by atoms with Gasteiger partial charge in [-0.3, -0.25) is 0 Å². The maximum absolute atomic E-state index is 10.5. The molecule has 108 valence electrons. The van der Waals surface area contributed by atoms with Crippen LogP contribution in [0.25, 0.3) is 0 Å². The highest BCUT2D eigenvalue weighted by Gasteiger charge is 2.28.